The van der Waals surface area contributed by atoms with Crippen molar-refractivity contribution in [2.45, 2.75) is 65.9 Å². The summed E-state index contributed by atoms with van der Waals surface area (Å²) in [7, 11) is 0. The number of carboxylic acids is 1. The zero-order valence-corrected chi connectivity index (χ0v) is 36.0. The second-order valence-electron chi connectivity index (χ2n) is 14.5. The summed E-state index contributed by atoms with van der Waals surface area (Å²) in [5, 5.41) is 49.4. The molecule has 15 heteroatoms. The molecule has 0 saturated carbocycles. The lowest BCUT2D eigenvalue weighted by Gasteiger charge is -2.19. The van der Waals surface area contributed by atoms with Gasteiger partial charge in [0, 0.05) is 84.1 Å². The maximum atomic E-state index is 11.8. The van der Waals surface area contributed by atoms with E-state index in [4.69, 9.17) is 47.6 Å². The van der Waals surface area contributed by atoms with Crippen molar-refractivity contribution in [3.05, 3.63) is 163 Å². The van der Waals surface area contributed by atoms with Crippen LogP contribution in [0, 0.1) is 30.6 Å². The average molecular weight is 891 g/mol. The molecule has 4 aromatic carbocycles. The third-order valence-electron chi connectivity index (χ3n) is 10.3. The largest absolute Gasteiger partial charge is 0.488 e. The number of nitriles is 1. The van der Waals surface area contributed by atoms with Crippen molar-refractivity contribution in [1.82, 2.24) is 15.3 Å². The fraction of sp³-hybridized carbons (Fsp3) is 0.229. The Labute approximate surface area is 374 Å². The summed E-state index contributed by atoms with van der Waals surface area (Å²) in [6, 6.07) is 23.1. The van der Waals surface area contributed by atoms with E-state index in [1.54, 1.807) is 55.0 Å². The number of nitrogens with one attached hydrogen (secondary N) is 2. The van der Waals surface area contributed by atoms with Gasteiger partial charge >= 0.3 is 5.97 Å². The van der Waals surface area contributed by atoms with Crippen molar-refractivity contribution in [3.63, 3.8) is 0 Å². The highest BCUT2D eigenvalue weighted by atomic mass is 35.5. The molecule has 0 amide bonds. The highest BCUT2D eigenvalue weighted by molar-refractivity contribution is 6.32. The quantitative estimate of drug-likeness (QED) is 0.0432. The van der Waals surface area contributed by atoms with Gasteiger partial charge in [-0.15, -0.1) is 0 Å². The summed E-state index contributed by atoms with van der Waals surface area (Å²) in [6.07, 6.45) is 7.50. The number of benzene rings is 4. The molecule has 0 aliphatic rings. The molecule has 0 bridgehead atoms. The lowest BCUT2D eigenvalue weighted by atomic mass is 9.92. The van der Waals surface area contributed by atoms with Gasteiger partial charge in [-0.2, -0.15) is 5.26 Å². The predicted molar refractivity (Wildman–Crippen MR) is 239 cm³/mol. The molecule has 2 aromatic heterocycles. The van der Waals surface area contributed by atoms with E-state index in [0.29, 0.717) is 60.9 Å². The smallest absolute Gasteiger partial charge is 0.320 e. The van der Waals surface area contributed by atoms with E-state index in [0.717, 1.165) is 38.9 Å². The summed E-state index contributed by atoms with van der Waals surface area (Å²) >= 11 is 13.4. The van der Waals surface area contributed by atoms with Gasteiger partial charge in [-0.05, 0) is 77.9 Å². The maximum Gasteiger partial charge on any atom is 0.320 e. The molecule has 2 heterocycles. The molecule has 324 valence electrons. The van der Waals surface area contributed by atoms with Gasteiger partial charge < -0.3 is 45.0 Å². The molecule has 1 atom stereocenters. The van der Waals surface area contributed by atoms with Gasteiger partial charge in [0.05, 0.1) is 22.2 Å². The second kappa shape index (κ2) is 22.0. The van der Waals surface area contributed by atoms with Crippen molar-refractivity contribution in [2.75, 3.05) is 6.61 Å². The second-order valence-corrected chi connectivity index (χ2v) is 15.3. The number of nitrogens with zero attached hydrogens (tertiary/aromatic N) is 3. The van der Waals surface area contributed by atoms with Crippen LogP contribution in [0.15, 0.2) is 97.6 Å². The third kappa shape index (κ3) is 11.9. The van der Waals surface area contributed by atoms with Gasteiger partial charge in [0.25, 0.3) is 0 Å². The number of ether oxygens (including phenoxy) is 4. The molecular weight excluding hydrogens is 845 g/mol. The number of aliphatic hydroxyl groups excluding tert-OH is 2. The monoisotopic (exact) mass is 889 g/mol. The van der Waals surface area contributed by atoms with Crippen molar-refractivity contribution in [2.24, 2.45) is 0 Å². The average Bonchev–Trinajstić information content (AvgIpc) is 3.29. The van der Waals surface area contributed by atoms with Crippen molar-refractivity contribution >= 4 is 35.4 Å². The number of halogens is 2. The fourth-order valence-electron chi connectivity index (χ4n) is 6.77. The third-order valence-corrected chi connectivity index (χ3v) is 10.9. The van der Waals surface area contributed by atoms with Gasteiger partial charge in [0.1, 0.15) is 61.5 Å². The van der Waals surface area contributed by atoms with Crippen LogP contribution in [0.3, 0.4) is 0 Å². The van der Waals surface area contributed by atoms with E-state index >= 15 is 0 Å². The highest BCUT2D eigenvalue weighted by Gasteiger charge is 2.20. The van der Waals surface area contributed by atoms with E-state index in [2.05, 4.69) is 21.4 Å². The Balaban J connectivity index is 1.19. The first kappa shape index (κ1) is 46.0. The first-order valence-corrected chi connectivity index (χ1v) is 20.6. The standard InChI is InChI=1S/C48H45Cl2N5O8/c1-29-35(27-62-46-15-44(60-25-33-11-31(17-51)19-53-21-33)37(13-41(46)49)23-55-43(9-10-56)48(58)59)5-3-7-39(29)40-8-4-6-36(30(40)2)28-63-47-16-45(38(24-57)14-42(47)50)61-26-34-12-32(18-52)20-54-22-34/h3-8,11-17,19-22,43,51,55-57H,9-10,23-28H2,1-2H3,(H,58,59)/t43-/m0/s1. The minimum Gasteiger partial charge on any atom is -0.488 e. The minimum atomic E-state index is -1.09. The number of aliphatic carboxylic acids is 1. The van der Waals surface area contributed by atoms with Crippen LogP contribution in [-0.4, -0.2) is 50.1 Å². The number of pyridine rings is 2. The van der Waals surface area contributed by atoms with Crippen LogP contribution in [0.4, 0.5) is 0 Å². The van der Waals surface area contributed by atoms with Gasteiger partial charge in [-0.1, -0.05) is 59.6 Å². The normalized spacial score (nSPS) is 11.4. The van der Waals surface area contributed by atoms with Gasteiger partial charge in [-0.25, -0.2) is 0 Å². The molecule has 6 rings (SSSR count). The number of aromatic nitrogens is 2. The Morgan fingerprint density at radius 3 is 1.83 bits per heavy atom. The molecule has 0 spiro atoms. The van der Waals surface area contributed by atoms with Crippen LogP contribution in [0.5, 0.6) is 23.0 Å². The summed E-state index contributed by atoms with van der Waals surface area (Å²) in [6.45, 7) is 4.16. The molecule has 6 aromatic rings. The summed E-state index contributed by atoms with van der Waals surface area (Å²) in [4.78, 5) is 20.0. The van der Waals surface area contributed by atoms with Crippen molar-refractivity contribution in [3.8, 4) is 40.2 Å². The molecule has 0 saturated heterocycles. The topological polar surface area (TPSA) is 200 Å². The Morgan fingerprint density at radius 2 is 1.29 bits per heavy atom. The summed E-state index contributed by atoms with van der Waals surface area (Å²) < 4.78 is 24.8. The Morgan fingerprint density at radius 1 is 0.746 bits per heavy atom. The van der Waals surface area contributed by atoms with Gasteiger partial charge in [0.2, 0.25) is 0 Å². The number of carbonyl (C=O) groups is 1. The Bertz CT molecular complexity index is 2640. The number of aliphatic hydroxyl groups is 2. The molecule has 63 heavy (non-hydrogen) atoms. The van der Waals surface area contributed by atoms with E-state index in [1.165, 1.54) is 12.4 Å². The number of rotatable bonds is 21. The highest BCUT2D eigenvalue weighted by Crippen LogP contribution is 2.37. The Hall–Kier alpha value is -6.53. The lowest BCUT2D eigenvalue weighted by Crippen LogP contribution is -2.37. The van der Waals surface area contributed by atoms with Crippen LogP contribution < -0.4 is 24.3 Å². The molecule has 5 N–H and O–H groups in total. The van der Waals surface area contributed by atoms with E-state index in [9.17, 15) is 25.4 Å². The minimum absolute atomic E-state index is 0.0201. The zero-order chi connectivity index (χ0) is 44.9. The summed E-state index contributed by atoms with van der Waals surface area (Å²) in [5.74, 6) is 0.445. The maximum absolute atomic E-state index is 11.8. The van der Waals surface area contributed by atoms with Gasteiger partial charge in [0.15, 0.2) is 0 Å². The van der Waals surface area contributed by atoms with Crippen LogP contribution in [0.2, 0.25) is 10.0 Å². The molecule has 13 nitrogen and oxygen atoms in total. The number of hydrogen-bond acceptors (Lipinski definition) is 12. The first-order valence-electron chi connectivity index (χ1n) is 19.8. The van der Waals surface area contributed by atoms with Gasteiger partial charge in [-0.3, -0.25) is 14.8 Å². The SMILES string of the molecule is Cc1c(COc2cc(OCc3cncc(C#N)c3)c(CO)cc2Cl)cccc1-c1cccc(COc2cc(OCc3cncc(C=N)c3)c(CN[C@@H](CCO)C(=O)O)cc2Cl)c1C. The number of carboxylic acid groups (broad SMARTS) is 1. The van der Waals surface area contributed by atoms with Crippen molar-refractivity contribution in [1.29, 1.82) is 10.7 Å². The van der Waals surface area contributed by atoms with E-state index in [-0.39, 0.29) is 52.6 Å². The molecular formula is C48H45Cl2N5O8. The Kier molecular flexibility index (Phi) is 16.1. The van der Waals surface area contributed by atoms with Crippen molar-refractivity contribution < 1.29 is 39.1 Å². The first-order chi connectivity index (χ1) is 30.5. The van der Waals surface area contributed by atoms with E-state index < -0.39 is 12.0 Å². The predicted octanol–water partition coefficient (Wildman–Crippen LogP) is 8.67. The molecule has 0 radical (unpaired) electrons. The molecule has 0 fully saturated rings. The summed E-state index contributed by atoms with van der Waals surface area (Å²) in [5.41, 5.74) is 9.36. The zero-order valence-electron chi connectivity index (χ0n) is 34.5. The van der Waals surface area contributed by atoms with E-state index in [1.807, 2.05) is 50.2 Å². The molecule has 0 unspecified atom stereocenters. The lowest BCUT2D eigenvalue weighted by molar-refractivity contribution is -0.140. The molecule has 0 aliphatic carbocycles. The molecule has 0 aliphatic heterocycles. The number of hydrogen-bond donors (Lipinski definition) is 5. The van der Waals surface area contributed by atoms with Crippen LogP contribution >= 0.6 is 23.2 Å². The van der Waals surface area contributed by atoms with Crippen LogP contribution in [-0.2, 0) is 44.4 Å². The fourth-order valence-corrected chi connectivity index (χ4v) is 7.25. The van der Waals surface area contributed by atoms with Crippen LogP contribution in [0.1, 0.15) is 62.1 Å². The van der Waals surface area contributed by atoms with Crippen LogP contribution in [0.25, 0.3) is 11.1 Å².